The van der Waals surface area contributed by atoms with E-state index in [0.29, 0.717) is 0 Å². The monoisotopic (exact) mass is 284 g/mol. The number of anilines is 1. The molecule has 0 saturated carbocycles. The first kappa shape index (κ1) is 12.5. The average Bonchev–Trinajstić information content (AvgIpc) is 2.09. The lowest BCUT2D eigenvalue weighted by Gasteiger charge is -2.12. The Balaban J connectivity index is 2.89. The van der Waals surface area contributed by atoms with Crippen molar-refractivity contribution in [3.8, 4) is 0 Å². The highest BCUT2D eigenvalue weighted by Gasteiger charge is 2.08. The number of benzene rings is 1. The van der Waals surface area contributed by atoms with Crippen LogP contribution in [0.2, 0.25) is 0 Å². The van der Waals surface area contributed by atoms with E-state index in [9.17, 15) is 4.79 Å². The van der Waals surface area contributed by atoms with Crippen molar-refractivity contribution in [2.24, 2.45) is 5.73 Å². The van der Waals surface area contributed by atoms with Gasteiger partial charge in [-0.05, 0) is 37.1 Å². The largest absolute Gasteiger partial charge is 0.370 e. The van der Waals surface area contributed by atoms with E-state index >= 15 is 0 Å². The molecule has 0 aliphatic rings. The Morgan fingerprint density at radius 1 is 1.38 bits per heavy atom. The van der Waals surface area contributed by atoms with Crippen LogP contribution >= 0.6 is 15.9 Å². The predicted octanol–water partition coefficient (Wildman–Crippen LogP) is 2.08. The minimum Gasteiger partial charge on any atom is -0.370 e. The summed E-state index contributed by atoms with van der Waals surface area (Å²) in [5, 5.41) is 11.7. The smallest absolute Gasteiger partial charge is 0.325 e. The van der Waals surface area contributed by atoms with Crippen LogP contribution in [0.15, 0.2) is 16.6 Å². The van der Waals surface area contributed by atoms with Gasteiger partial charge in [0.05, 0.1) is 0 Å². The van der Waals surface area contributed by atoms with Crippen LogP contribution in [0.3, 0.4) is 0 Å². The maximum Gasteiger partial charge on any atom is 0.325 e. The fourth-order valence-electron chi connectivity index (χ4n) is 1.37. The predicted molar refractivity (Wildman–Crippen MR) is 67.7 cm³/mol. The van der Waals surface area contributed by atoms with Crippen LogP contribution < -0.4 is 16.4 Å². The first-order valence-electron chi connectivity index (χ1n) is 4.59. The van der Waals surface area contributed by atoms with Crippen LogP contribution in [-0.2, 0) is 0 Å². The molecule has 0 heterocycles. The number of amides is 2. The van der Waals surface area contributed by atoms with Crippen LogP contribution in [0.25, 0.3) is 0 Å². The summed E-state index contributed by atoms with van der Waals surface area (Å²) in [5.74, 6) is -0.384. The summed E-state index contributed by atoms with van der Waals surface area (Å²) in [6.07, 6.45) is 0. The second-order valence-corrected chi connectivity index (χ2v) is 4.32. The molecule has 1 aromatic rings. The Morgan fingerprint density at radius 3 is 2.31 bits per heavy atom. The van der Waals surface area contributed by atoms with Gasteiger partial charge in [-0.1, -0.05) is 15.9 Å². The molecule has 1 aromatic carbocycles. The number of halogens is 1. The molecule has 5 N–H and O–H groups in total. The number of nitrogens with one attached hydrogen (secondary N) is 3. The third-order valence-corrected chi connectivity index (χ3v) is 2.44. The Morgan fingerprint density at radius 2 is 1.88 bits per heavy atom. The third kappa shape index (κ3) is 3.23. The number of rotatable bonds is 1. The summed E-state index contributed by atoms with van der Waals surface area (Å²) in [4.78, 5) is 11.4. The highest BCUT2D eigenvalue weighted by Crippen LogP contribution is 2.24. The summed E-state index contributed by atoms with van der Waals surface area (Å²) in [6, 6.07) is 3.29. The molecule has 16 heavy (non-hydrogen) atoms. The molecule has 1 rings (SSSR count). The summed E-state index contributed by atoms with van der Waals surface area (Å²) in [5.41, 5.74) is 7.65. The van der Waals surface area contributed by atoms with E-state index in [0.717, 1.165) is 21.3 Å². The van der Waals surface area contributed by atoms with Gasteiger partial charge in [-0.25, -0.2) is 4.79 Å². The summed E-state index contributed by atoms with van der Waals surface area (Å²) >= 11 is 3.37. The van der Waals surface area contributed by atoms with Crippen molar-refractivity contribution in [2.45, 2.75) is 13.8 Å². The lowest BCUT2D eigenvalue weighted by Crippen LogP contribution is -2.38. The summed E-state index contributed by atoms with van der Waals surface area (Å²) in [6.45, 7) is 3.78. The highest BCUT2D eigenvalue weighted by atomic mass is 79.9. The quantitative estimate of drug-likeness (QED) is 0.470. The van der Waals surface area contributed by atoms with Gasteiger partial charge in [0.1, 0.15) is 0 Å². The third-order valence-electron chi connectivity index (χ3n) is 1.98. The van der Waals surface area contributed by atoms with Crippen LogP contribution in [0.1, 0.15) is 11.1 Å². The van der Waals surface area contributed by atoms with E-state index in [1.165, 1.54) is 0 Å². The van der Waals surface area contributed by atoms with Crippen molar-refractivity contribution in [1.29, 1.82) is 5.41 Å². The molecular formula is C10H13BrN4O. The van der Waals surface area contributed by atoms with Crippen molar-refractivity contribution in [2.75, 3.05) is 5.32 Å². The lowest BCUT2D eigenvalue weighted by atomic mass is 10.1. The molecule has 6 heteroatoms. The number of carbonyl (C=O) groups is 1. The van der Waals surface area contributed by atoms with Gasteiger partial charge in [-0.3, -0.25) is 10.7 Å². The minimum atomic E-state index is -0.513. The zero-order valence-corrected chi connectivity index (χ0v) is 10.6. The first-order chi connectivity index (χ1) is 7.40. The number of hydrogen-bond donors (Lipinski definition) is 4. The Bertz CT molecular complexity index is 421. The molecule has 5 nitrogen and oxygen atoms in total. The zero-order valence-electron chi connectivity index (χ0n) is 9.02. The van der Waals surface area contributed by atoms with E-state index in [1.54, 1.807) is 0 Å². The Hall–Kier alpha value is -1.56. The second-order valence-electron chi connectivity index (χ2n) is 3.41. The molecule has 0 bridgehead atoms. The number of guanidine groups is 1. The van der Waals surface area contributed by atoms with Crippen LogP contribution in [0.4, 0.5) is 10.5 Å². The molecule has 0 atom stereocenters. The Kier molecular flexibility index (Phi) is 3.89. The van der Waals surface area contributed by atoms with Gasteiger partial charge >= 0.3 is 6.03 Å². The van der Waals surface area contributed by atoms with Gasteiger partial charge in [0.15, 0.2) is 5.96 Å². The van der Waals surface area contributed by atoms with Crippen molar-refractivity contribution in [3.05, 3.63) is 27.7 Å². The van der Waals surface area contributed by atoms with E-state index in [2.05, 4.69) is 26.6 Å². The molecule has 2 amide bonds. The van der Waals surface area contributed by atoms with Crippen molar-refractivity contribution in [3.63, 3.8) is 0 Å². The normalized spacial score (nSPS) is 9.69. The minimum absolute atomic E-state index is 0.384. The molecule has 0 radical (unpaired) electrons. The summed E-state index contributed by atoms with van der Waals surface area (Å²) in [7, 11) is 0. The van der Waals surface area contributed by atoms with E-state index in [4.69, 9.17) is 11.1 Å². The number of nitrogens with two attached hydrogens (primary N) is 1. The molecule has 0 saturated heterocycles. The molecule has 0 fully saturated rings. The highest BCUT2D eigenvalue weighted by molar-refractivity contribution is 9.10. The number of urea groups is 1. The van der Waals surface area contributed by atoms with Gasteiger partial charge in [0.2, 0.25) is 0 Å². The lowest BCUT2D eigenvalue weighted by molar-refractivity contribution is 0.256. The van der Waals surface area contributed by atoms with Crippen molar-refractivity contribution >= 4 is 33.6 Å². The van der Waals surface area contributed by atoms with Gasteiger partial charge in [-0.15, -0.1) is 0 Å². The van der Waals surface area contributed by atoms with E-state index in [1.807, 2.05) is 26.0 Å². The molecule has 0 aromatic heterocycles. The number of carbonyl (C=O) groups excluding carboxylic acids is 1. The zero-order chi connectivity index (χ0) is 12.3. The SMILES string of the molecule is Cc1cc(Br)cc(C)c1NC(=O)NC(=N)N. The molecule has 86 valence electrons. The standard InChI is InChI=1S/C10H13BrN4O/c1-5-3-7(11)4-6(2)8(5)14-10(16)15-9(12)13/h3-4H,1-2H3,(H5,12,13,14,15,16). The molecule has 0 aliphatic carbocycles. The maximum absolute atomic E-state index is 11.4. The van der Waals surface area contributed by atoms with E-state index in [-0.39, 0.29) is 5.96 Å². The summed E-state index contributed by atoms with van der Waals surface area (Å²) < 4.78 is 0.958. The molecular weight excluding hydrogens is 272 g/mol. The van der Waals surface area contributed by atoms with Gasteiger partial charge in [-0.2, -0.15) is 0 Å². The topological polar surface area (TPSA) is 91.0 Å². The van der Waals surface area contributed by atoms with Crippen LogP contribution in [-0.4, -0.2) is 12.0 Å². The molecule has 0 unspecified atom stereocenters. The number of aryl methyl sites for hydroxylation is 2. The Labute approximate surface area is 102 Å². The van der Waals surface area contributed by atoms with Crippen molar-refractivity contribution < 1.29 is 4.79 Å². The molecule has 0 spiro atoms. The van der Waals surface area contributed by atoms with Gasteiger partial charge in [0.25, 0.3) is 0 Å². The van der Waals surface area contributed by atoms with Gasteiger partial charge in [0, 0.05) is 10.2 Å². The fourth-order valence-corrected chi connectivity index (χ4v) is 2.06. The average molecular weight is 285 g/mol. The maximum atomic E-state index is 11.4. The van der Waals surface area contributed by atoms with E-state index < -0.39 is 6.03 Å². The van der Waals surface area contributed by atoms with Crippen molar-refractivity contribution in [1.82, 2.24) is 5.32 Å². The van der Waals surface area contributed by atoms with Crippen LogP contribution in [0, 0.1) is 19.3 Å². The first-order valence-corrected chi connectivity index (χ1v) is 5.38. The molecule has 0 aliphatic heterocycles. The van der Waals surface area contributed by atoms with Gasteiger partial charge < -0.3 is 11.1 Å². The van der Waals surface area contributed by atoms with Crippen LogP contribution in [0.5, 0.6) is 0 Å². The fraction of sp³-hybridized carbons (Fsp3) is 0.200. The number of hydrogen-bond acceptors (Lipinski definition) is 2. The second kappa shape index (κ2) is 4.98.